The zero-order valence-electron chi connectivity index (χ0n) is 14.5. The molecule has 4 rings (SSSR count). The van der Waals surface area contributed by atoms with Crippen LogP contribution in [0.5, 0.6) is 0 Å². The third kappa shape index (κ3) is 3.08. The van der Waals surface area contributed by atoms with E-state index >= 15 is 0 Å². The van der Waals surface area contributed by atoms with Gasteiger partial charge in [0.25, 0.3) is 0 Å². The molecule has 2 aromatic rings. The summed E-state index contributed by atoms with van der Waals surface area (Å²) in [4.78, 5) is 15.5. The molecule has 2 atom stereocenters. The smallest absolute Gasteiger partial charge is 0.151 e. The van der Waals surface area contributed by atoms with E-state index in [0.29, 0.717) is 44.1 Å². The van der Waals surface area contributed by atoms with Gasteiger partial charge in [-0.2, -0.15) is 0 Å². The Morgan fingerprint density at radius 1 is 1.31 bits per heavy atom. The molecule has 0 aliphatic carbocycles. The number of rotatable bonds is 3. The van der Waals surface area contributed by atoms with Gasteiger partial charge in [0.2, 0.25) is 0 Å². The van der Waals surface area contributed by atoms with Crippen molar-refractivity contribution in [1.82, 2.24) is 9.97 Å². The van der Waals surface area contributed by atoms with Gasteiger partial charge >= 0.3 is 0 Å². The maximum absolute atomic E-state index is 14.6. The van der Waals surface area contributed by atoms with E-state index in [2.05, 4.69) is 19.9 Å². The van der Waals surface area contributed by atoms with Crippen LogP contribution < -0.4 is 10.6 Å². The average Bonchev–Trinajstić information content (AvgIpc) is 2.68. The number of piperidine rings is 1. The van der Waals surface area contributed by atoms with Gasteiger partial charge in [0.05, 0.1) is 17.5 Å². The van der Waals surface area contributed by atoms with E-state index in [1.807, 2.05) is 12.1 Å². The molecule has 0 spiro atoms. The van der Waals surface area contributed by atoms with Crippen molar-refractivity contribution in [2.24, 2.45) is 16.6 Å². The van der Waals surface area contributed by atoms with Crippen LogP contribution in [0, 0.1) is 11.7 Å². The summed E-state index contributed by atoms with van der Waals surface area (Å²) >= 11 is 0. The Morgan fingerprint density at radius 2 is 2.19 bits per heavy atom. The molecule has 3 N–H and O–H groups in total. The zero-order valence-corrected chi connectivity index (χ0v) is 14.5. The molecule has 6 nitrogen and oxygen atoms in total. The second-order valence-corrected chi connectivity index (χ2v) is 6.78. The molecule has 0 aromatic carbocycles. The fourth-order valence-electron chi connectivity index (χ4n) is 3.65. The van der Waals surface area contributed by atoms with Crippen molar-refractivity contribution < 1.29 is 9.50 Å². The Morgan fingerprint density at radius 3 is 3.04 bits per heavy atom. The number of aromatic nitrogens is 2. The van der Waals surface area contributed by atoms with E-state index < -0.39 is 11.9 Å². The van der Waals surface area contributed by atoms with E-state index in [9.17, 15) is 9.50 Å². The molecule has 1 saturated heterocycles. The molecule has 2 aromatic heterocycles. The first kappa shape index (κ1) is 17.1. The SMILES string of the molecule is NCC1CN(c2ccc(F)c(C3=NCCc4ncccc43)n2)CCC1O. The fourth-order valence-corrected chi connectivity index (χ4v) is 3.65. The van der Waals surface area contributed by atoms with Gasteiger partial charge in [0.15, 0.2) is 5.82 Å². The predicted molar refractivity (Wildman–Crippen MR) is 98.0 cm³/mol. The minimum Gasteiger partial charge on any atom is -0.393 e. The number of halogens is 1. The number of aliphatic hydroxyl groups is 1. The molecule has 2 unspecified atom stereocenters. The number of fused-ring (bicyclic) bond motifs is 1. The predicted octanol–water partition coefficient (Wildman–Crippen LogP) is 1.16. The zero-order chi connectivity index (χ0) is 18.1. The van der Waals surface area contributed by atoms with Gasteiger partial charge in [-0.3, -0.25) is 9.98 Å². The minimum atomic E-state index is -0.392. The first-order chi connectivity index (χ1) is 12.7. The number of aliphatic imine (C=N–C) groups is 1. The summed E-state index contributed by atoms with van der Waals surface area (Å²) in [6.45, 7) is 2.27. The standard InChI is InChI=1S/C19H22FN5O/c20-14-3-4-17(25-9-6-16(26)12(10-21)11-25)24-19(14)18-13-2-1-7-22-15(13)5-8-23-18/h1-4,7,12,16,26H,5-6,8-11,21H2. The Hall–Kier alpha value is -2.38. The largest absolute Gasteiger partial charge is 0.393 e. The third-order valence-corrected chi connectivity index (χ3v) is 5.14. The summed E-state index contributed by atoms with van der Waals surface area (Å²) in [6, 6.07) is 6.86. The molecule has 7 heteroatoms. The fraction of sp³-hybridized carbons (Fsp3) is 0.421. The van der Waals surface area contributed by atoms with Gasteiger partial charge in [-0.15, -0.1) is 0 Å². The van der Waals surface area contributed by atoms with Gasteiger partial charge < -0.3 is 15.7 Å². The summed E-state index contributed by atoms with van der Waals surface area (Å²) in [7, 11) is 0. The summed E-state index contributed by atoms with van der Waals surface area (Å²) in [5.41, 5.74) is 8.35. The quantitative estimate of drug-likeness (QED) is 0.863. The minimum absolute atomic E-state index is 0.00370. The molecule has 136 valence electrons. The summed E-state index contributed by atoms with van der Waals surface area (Å²) in [6.07, 6.45) is 2.73. The Balaban J connectivity index is 1.69. The highest BCUT2D eigenvalue weighted by Gasteiger charge is 2.28. The van der Waals surface area contributed by atoms with Crippen molar-refractivity contribution in [3.8, 4) is 0 Å². The number of pyridine rings is 2. The number of anilines is 1. The molecule has 0 saturated carbocycles. The molecule has 26 heavy (non-hydrogen) atoms. The second kappa shape index (κ2) is 7.09. The van der Waals surface area contributed by atoms with Crippen LogP contribution in [-0.2, 0) is 6.42 Å². The molecule has 1 fully saturated rings. The molecule has 2 aliphatic rings. The van der Waals surface area contributed by atoms with Crippen LogP contribution in [0.1, 0.15) is 23.4 Å². The third-order valence-electron chi connectivity index (χ3n) is 5.14. The first-order valence-corrected chi connectivity index (χ1v) is 8.96. The molecule has 0 bridgehead atoms. The lowest BCUT2D eigenvalue weighted by Gasteiger charge is -2.36. The van der Waals surface area contributed by atoms with Crippen molar-refractivity contribution in [1.29, 1.82) is 0 Å². The molecule has 2 aliphatic heterocycles. The molecular formula is C19H22FN5O. The van der Waals surface area contributed by atoms with Crippen LogP contribution >= 0.6 is 0 Å². The van der Waals surface area contributed by atoms with E-state index in [-0.39, 0.29) is 11.6 Å². The maximum atomic E-state index is 14.6. The lowest BCUT2D eigenvalue weighted by Crippen LogP contribution is -2.46. The second-order valence-electron chi connectivity index (χ2n) is 6.78. The molecule has 4 heterocycles. The summed E-state index contributed by atoms with van der Waals surface area (Å²) < 4.78 is 14.6. The Labute approximate surface area is 151 Å². The van der Waals surface area contributed by atoms with E-state index in [1.165, 1.54) is 6.07 Å². The van der Waals surface area contributed by atoms with Crippen LogP contribution in [-0.4, -0.2) is 53.1 Å². The highest BCUT2D eigenvalue weighted by molar-refractivity contribution is 6.13. The number of nitrogens with two attached hydrogens (primary N) is 1. The first-order valence-electron chi connectivity index (χ1n) is 8.96. The van der Waals surface area contributed by atoms with Crippen LogP contribution in [0.4, 0.5) is 10.2 Å². The van der Waals surface area contributed by atoms with Crippen molar-refractivity contribution in [2.75, 3.05) is 31.1 Å². The summed E-state index contributed by atoms with van der Waals surface area (Å²) in [5.74, 6) is 0.290. The van der Waals surface area contributed by atoms with Crippen LogP contribution in [0.25, 0.3) is 0 Å². The van der Waals surface area contributed by atoms with Crippen molar-refractivity contribution in [3.05, 3.63) is 53.2 Å². The molecule has 0 amide bonds. The Kier molecular flexibility index (Phi) is 4.65. The summed E-state index contributed by atoms with van der Waals surface area (Å²) in [5, 5.41) is 10.0. The Bertz CT molecular complexity index is 840. The van der Waals surface area contributed by atoms with Crippen LogP contribution in [0.3, 0.4) is 0 Å². The van der Waals surface area contributed by atoms with Gasteiger partial charge in [0.1, 0.15) is 11.5 Å². The van der Waals surface area contributed by atoms with Crippen molar-refractivity contribution in [3.63, 3.8) is 0 Å². The van der Waals surface area contributed by atoms with Gasteiger partial charge in [-0.1, -0.05) is 0 Å². The highest BCUT2D eigenvalue weighted by Crippen LogP contribution is 2.25. The number of nitrogens with zero attached hydrogens (tertiary/aromatic N) is 4. The number of aliphatic hydroxyl groups excluding tert-OH is 1. The lowest BCUT2D eigenvalue weighted by molar-refractivity contribution is 0.0919. The molecule has 0 radical (unpaired) electrons. The topological polar surface area (TPSA) is 87.6 Å². The maximum Gasteiger partial charge on any atom is 0.151 e. The van der Waals surface area contributed by atoms with Crippen molar-refractivity contribution >= 4 is 11.5 Å². The highest BCUT2D eigenvalue weighted by atomic mass is 19.1. The monoisotopic (exact) mass is 355 g/mol. The normalized spacial score (nSPS) is 22.7. The van der Waals surface area contributed by atoms with Crippen molar-refractivity contribution in [2.45, 2.75) is 18.9 Å². The average molecular weight is 355 g/mol. The van der Waals surface area contributed by atoms with E-state index in [0.717, 1.165) is 17.7 Å². The number of hydrogen-bond acceptors (Lipinski definition) is 6. The van der Waals surface area contributed by atoms with Crippen LogP contribution in [0.2, 0.25) is 0 Å². The van der Waals surface area contributed by atoms with Gasteiger partial charge in [-0.05, 0) is 37.2 Å². The van der Waals surface area contributed by atoms with Crippen LogP contribution in [0.15, 0.2) is 35.5 Å². The molecular weight excluding hydrogens is 333 g/mol. The van der Waals surface area contributed by atoms with Gasteiger partial charge in [0, 0.05) is 43.7 Å². The van der Waals surface area contributed by atoms with E-state index in [1.54, 1.807) is 12.3 Å². The lowest BCUT2D eigenvalue weighted by atomic mass is 9.95. The van der Waals surface area contributed by atoms with Gasteiger partial charge in [-0.25, -0.2) is 9.37 Å². The van der Waals surface area contributed by atoms with E-state index in [4.69, 9.17) is 5.73 Å². The number of hydrogen-bond donors (Lipinski definition) is 2.